The Bertz CT molecular complexity index is 1180. The second-order valence-electron chi connectivity index (χ2n) is 7.70. The zero-order chi connectivity index (χ0) is 25.9. The molecule has 0 saturated heterocycles. The first kappa shape index (κ1) is 27.1. The number of nitrogens with one attached hydrogen (secondary N) is 2. The highest BCUT2D eigenvalue weighted by Gasteiger charge is 2.06. The average Bonchev–Trinajstić information content (AvgIpc) is 2.84. The lowest BCUT2D eigenvalue weighted by atomic mass is 10.2. The molecular weight excluding hydrogens is 592 g/mol. The van der Waals surface area contributed by atoms with Crippen molar-refractivity contribution < 1.29 is 19.1 Å². The average molecular weight is 616 g/mol. The molecule has 0 aliphatic rings. The normalized spacial score (nSPS) is 11.0. The molecular formula is C26H24Br2N4O4. The third-order valence-electron chi connectivity index (χ3n) is 4.63. The van der Waals surface area contributed by atoms with Crippen LogP contribution in [0, 0.1) is 13.8 Å². The van der Waals surface area contributed by atoms with Crippen LogP contribution in [0.3, 0.4) is 0 Å². The first-order valence-corrected chi connectivity index (χ1v) is 12.4. The Morgan fingerprint density at radius 2 is 1.11 bits per heavy atom. The van der Waals surface area contributed by atoms with Crippen molar-refractivity contribution in [1.82, 2.24) is 10.9 Å². The van der Waals surface area contributed by atoms with Crippen LogP contribution in [0.25, 0.3) is 0 Å². The lowest BCUT2D eigenvalue weighted by Gasteiger charge is -2.07. The molecule has 0 fully saturated rings. The summed E-state index contributed by atoms with van der Waals surface area (Å²) in [6.07, 6.45) is 3.03. The molecule has 3 aromatic carbocycles. The van der Waals surface area contributed by atoms with Gasteiger partial charge in [0.1, 0.15) is 11.5 Å². The van der Waals surface area contributed by atoms with Crippen LogP contribution in [0.5, 0.6) is 11.5 Å². The number of halogens is 2. The van der Waals surface area contributed by atoms with E-state index in [0.717, 1.165) is 31.2 Å². The van der Waals surface area contributed by atoms with E-state index in [1.807, 2.05) is 38.1 Å². The molecule has 0 aromatic heterocycles. The lowest BCUT2D eigenvalue weighted by molar-refractivity contribution is -0.123. The molecule has 10 heteroatoms. The van der Waals surface area contributed by atoms with E-state index in [-0.39, 0.29) is 25.0 Å². The Morgan fingerprint density at radius 3 is 1.47 bits per heavy atom. The minimum absolute atomic E-state index is 0.159. The van der Waals surface area contributed by atoms with Crippen LogP contribution in [0.4, 0.5) is 0 Å². The van der Waals surface area contributed by atoms with E-state index < -0.39 is 0 Å². The van der Waals surface area contributed by atoms with Gasteiger partial charge in [-0.1, -0.05) is 36.4 Å². The maximum absolute atomic E-state index is 11.9. The Morgan fingerprint density at radius 1 is 0.722 bits per heavy atom. The van der Waals surface area contributed by atoms with Crippen LogP contribution in [-0.4, -0.2) is 37.5 Å². The number of hydrazone groups is 2. The van der Waals surface area contributed by atoms with Gasteiger partial charge in [-0.2, -0.15) is 10.2 Å². The molecule has 0 bridgehead atoms. The number of carbonyl (C=O) groups is 2. The van der Waals surface area contributed by atoms with Crippen LogP contribution in [-0.2, 0) is 9.59 Å². The predicted octanol–water partition coefficient (Wildman–Crippen LogP) is 4.89. The van der Waals surface area contributed by atoms with Gasteiger partial charge in [0.2, 0.25) is 0 Å². The van der Waals surface area contributed by atoms with Crippen molar-refractivity contribution in [3.63, 3.8) is 0 Å². The molecule has 8 nitrogen and oxygen atoms in total. The molecule has 0 radical (unpaired) electrons. The Labute approximate surface area is 226 Å². The van der Waals surface area contributed by atoms with Crippen molar-refractivity contribution in [1.29, 1.82) is 0 Å². The van der Waals surface area contributed by atoms with Crippen LogP contribution >= 0.6 is 31.9 Å². The summed E-state index contributed by atoms with van der Waals surface area (Å²) in [6.45, 7) is 3.62. The third-order valence-corrected chi connectivity index (χ3v) is 5.87. The number of ether oxygens (including phenoxy) is 2. The van der Waals surface area contributed by atoms with Crippen molar-refractivity contribution in [2.45, 2.75) is 13.8 Å². The van der Waals surface area contributed by atoms with Gasteiger partial charge in [0.25, 0.3) is 11.8 Å². The topological polar surface area (TPSA) is 101 Å². The van der Waals surface area contributed by atoms with Gasteiger partial charge in [0.15, 0.2) is 13.2 Å². The number of rotatable bonds is 10. The smallest absolute Gasteiger partial charge is 0.277 e. The fraction of sp³-hybridized carbons (Fsp3) is 0.154. The first-order chi connectivity index (χ1) is 17.3. The fourth-order valence-corrected chi connectivity index (χ4v) is 4.04. The summed E-state index contributed by atoms with van der Waals surface area (Å²) in [5.74, 6) is 0.411. The maximum Gasteiger partial charge on any atom is 0.277 e. The minimum atomic E-state index is -0.378. The van der Waals surface area contributed by atoms with Crippen LogP contribution in [0.1, 0.15) is 22.3 Å². The molecule has 0 spiro atoms. The first-order valence-electron chi connectivity index (χ1n) is 10.8. The molecule has 2 amide bonds. The quantitative estimate of drug-likeness (QED) is 0.251. The number of benzene rings is 3. The summed E-state index contributed by atoms with van der Waals surface area (Å²) in [4.78, 5) is 23.9. The lowest BCUT2D eigenvalue weighted by Crippen LogP contribution is -2.24. The number of amides is 2. The maximum atomic E-state index is 11.9. The highest BCUT2D eigenvalue weighted by Crippen LogP contribution is 2.26. The number of nitrogens with zero attached hydrogens (tertiary/aromatic N) is 2. The van der Waals surface area contributed by atoms with Gasteiger partial charge in [0.05, 0.1) is 21.4 Å². The third kappa shape index (κ3) is 8.94. The molecule has 2 N–H and O–H groups in total. The minimum Gasteiger partial charge on any atom is -0.483 e. The van der Waals surface area contributed by atoms with Crippen molar-refractivity contribution in [3.8, 4) is 11.5 Å². The van der Waals surface area contributed by atoms with Crippen LogP contribution in [0.2, 0.25) is 0 Å². The monoisotopic (exact) mass is 614 g/mol. The van der Waals surface area contributed by atoms with Gasteiger partial charge in [-0.25, -0.2) is 10.9 Å². The number of hydrogen-bond donors (Lipinski definition) is 2. The molecule has 0 aliphatic heterocycles. The molecule has 3 aromatic rings. The standard InChI is InChI=1S/C26H24Br2N4O4/c1-17-3-9-23(21(27)11-17)35-15-25(33)31-29-13-19-5-7-20(8-6-19)14-30-32-26(34)16-36-24-10-4-18(2)12-22(24)28/h3-14H,15-16H2,1-2H3,(H,31,33)(H,32,34). The summed E-state index contributed by atoms with van der Waals surface area (Å²) in [7, 11) is 0. The van der Waals surface area contributed by atoms with Crippen molar-refractivity contribution >= 4 is 56.1 Å². The zero-order valence-corrected chi connectivity index (χ0v) is 22.8. The number of carbonyl (C=O) groups excluding carboxylic acids is 2. The van der Waals surface area contributed by atoms with E-state index in [4.69, 9.17) is 9.47 Å². The molecule has 0 atom stereocenters. The summed E-state index contributed by atoms with van der Waals surface area (Å²) in [5, 5.41) is 7.88. The van der Waals surface area contributed by atoms with Gasteiger partial charge in [-0.15, -0.1) is 0 Å². The zero-order valence-electron chi connectivity index (χ0n) is 19.6. The molecule has 3 rings (SSSR count). The predicted molar refractivity (Wildman–Crippen MR) is 147 cm³/mol. The van der Waals surface area contributed by atoms with Crippen molar-refractivity contribution in [2.24, 2.45) is 10.2 Å². The van der Waals surface area contributed by atoms with E-state index in [9.17, 15) is 9.59 Å². The number of aryl methyl sites for hydroxylation is 2. The van der Waals surface area contributed by atoms with Crippen molar-refractivity contribution in [2.75, 3.05) is 13.2 Å². The molecule has 36 heavy (non-hydrogen) atoms. The highest BCUT2D eigenvalue weighted by molar-refractivity contribution is 9.10. The van der Waals surface area contributed by atoms with Crippen LogP contribution < -0.4 is 20.3 Å². The van der Waals surface area contributed by atoms with Gasteiger partial charge >= 0.3 is 0 Å². The van der Waals surface area contributed by atoms with Gasteiger partial charge in [0, 0.05) is 0 Å². The summed E-state index contributed by atoms with van der Waals surface area (Å²) in [6, 6.07) is 18.4. The van der Waals surface area contributed by atoms with Gasteiger partial charge in [-0.3, -0.25) is 9.59 Å². The van der Waals surface area contributed by atoms with Crippen molar-refractivity contribution in [3.05, 3.63) is 91.9 Å². The largest absolute Gasteiger partial charge is 0.483 e. The van der Waals surface area contributed by atoms with Crippen LogP contribution in [0.15, 0.2) is 79.8 Å². The van der Waals surface area contributed by atoms with E-state index in [0.29, 0.717) is 11.5 Å². The Balaban J connectivity index is 1.39. The number of hydrogen-bond acceptors (Lipinski definition) is 6. The van der Waals surface area contributed by atoms with Gasteiger partial charge in [-0.05, 0) is 92.2 Å². The van der Waals surface area contributed by atoms with Gasteiger partial charge < -0.3 is 9.47 Å². The summed E-state index contributed by atoms with van der Waals surface area (Å²) >= 11 is 6.81. The van der Waals surface area contributed by atoms with E-state index in [2.05, 4.69) is 52.9 Å². The van der Waals surface area contributed by atoms with E-state index in [1.165, 1.54) is 12.4 Å². The Kier molecular flexibility index (Phi) is 10.2. The Hall–Kier alpha value is -3.50. The van der Waals surface area contributed by atoms with E-state index in [1.54, 1.807) is 36.4 Å². The highest BCUT2D eigenvalue weighted by atomic mass is 79.9. The van der Waals surface area contributed by atoms with E-state index >= 15 is 0 Å². The summed E-state index contributed by atoms with van der Waals surface area (Å²) in [5.41, 5.74) is 8.57. The molecule has 0 saturated carbocycles. The molecule has 0 unspecified atom stereocenters. The summed E-state index contributed by atoms with van der Waals surface area (Å²) < 4.78 is 12.5. The molecule has 0 heterocycles. The second kappa shape index (κ2) is 13.6. The second-order valence-corrected chi connectivity index (χ2v) is 9.41. The fourth-order valence-electron chi connectivity index (χ4n) is 2.82. The molecule has 186 valence electrons. The molecule has 0 aliphatic carbocycles. The SMILES string of the molecule is Cc1ccc(OCC(=O)NN=Cc2ccc(C=NNC(=O)COc3ccc(C)cc3Br)cc2)c(Br)c1.